The van der Waals surface area contributed by atoms with Crippen molar-refractivity contribution in [1.29, 1.82) is 0 Å². The summed E-state index contributed by atoms with van der Waals surface area (Å²) >= 11 is 0. The standard InChI is InChI=1S/C9H12O9.Ca.2H/c1-4(10)7(14)18-6(13)3-9(17,8(15)16)2-5(11)12;;;/h4,10,17H,2-3H2,1H3,(H,11,12)(H,15,16);;;/q;+2;2*-1. The first-order valence-electron chi connectivity index (χ1n) is 4.68. The molecule has 0 saturated heterocycles. The van der Waals surface area contributed by atoms with E-state index in [0.717, 1.165) is 6.92 Å². The van der Waals surface area contributed by atoms with Crippen molar-refractivity contribution < 1.29 is 47.2 Å². The summed E-state index contributed by atoms with van der Waals surface area (Å²) in [6.45, 7) is 1.01. The molecule has 0 heterocycles. The van der Waals surface area contributed by atoms with E-state index >= 15 is 0 Å². The summed E-state index contributed by atoms with van der Waals surface area (Å²) in [4.78, 5) is 42.9. The number of ether oxygens (including phenoxy) is 1. The molecule has 10 heteroatoms. The van der Waals surface area contributed by atoms with Crippen molar-refractivity contribution in [2.75, 3.05) is 0 Å². The number of hydrogen-bond acceptors (Lipinski definition) is 7. The van der Waals surface area contributed by atoms with Gasteiger partial charge in [-0.25, -0.2) is 9.59 Å². The fourth-order valence-corrected chi connectivity index (χ4v) is 0.936. The van der Waals surface area contributed by atoms with E-state index in [2.05, 4.69) is 4.74 Å². The molecule has 19 heavy (non-hydrogen) atoms. The van der Waals surface area contributed by atoms with E-state index < -0.39 is 48.4 Å². The summed E-state index contributed by atoms with van der Waals surface area (Å²) in [5.41, 5.74) is -2.87. The van der Waals surface area contributed by atoms with Crippen molar-refractivity contribution in [3.8, 4) is 0 Å². The number of esters is 2. The van der Waals surface area contributed by atoms with E-state index in [4.69, 9.17) is 15.3 Å². The van der Waals surface area contributed by atoms with Gasteiger partial charge in [-0.15, -0.1) is 0 Å². The Morgan fingerprint density at radius 2 is 1.68 bits per heavy atom. The van der Waals surface area contributed by atoms with Crippen LogP contribution in [0.1, 0.15) is 22.6 Å². The van der Waals surface area contributed by atoms with Crippen molar-refractivity contribution in [3.63, 3.8) is 0 Å². The minimum absolute atomic E-state index is 0. The molecule has 0 spiro atoms. The molecule has 0 aromatic rings. The fraction of sp³-hybridized carbons (Fsp3) is 0.556. The number of aliphatic hydroxyl groups is 2. The Bertz CT molecular complexity index is 387. The van der Waals surface area contributed by atoms with Crippen LogP contribution in [0, 0.1) is 0 Å². The second-order valence-corrected chi connectivity index (χ2v) is 3.55. The summed E-state index contributed by atoms with van der Waals surface area (Å²) in [6, 6.07) is 0. The number of hydrogen-bond donors (Lipinski definition) is 4. The first kappa shape index (κ1) is 20.6. The maximum atomic E-state index is 11.1. The normalized spacial score (nSPS) is 14.5. The third-order valence-corrected chi connectivity index (χ3v) is 1.83. The molecule has 0 bridgehead atoms. The number of aliphatic hydroxyl groups excluding tert-OH is 1. The van der Waals surface area contributed by atoms with Crippen LogP contribution in [-0.2, 0) is 23.9 Å². The molecule has 0 aromatic heterocycles. The van der Waals surface area contributed by atoms with Gasteiger partial charge in [0.25, 0.3) is 0 Å². The number of carboxylic acids is 2. The molecule has 2 unspecified atom stereocenters. The van der Waals surface area contributed by atoms with Gasteiger partial charge < -0.3 is 28.0 Å². The van der Waals surface area contributed by atoms with Crippen LogP contribution in [0.3, 0.4) is 0 Å². The van der Waals surface area contributed by atoms with Crippen molar-refractivity contribution in [2.24, 2.45) is 0 Å². The summed E-state index contributed by atoms with van der Waals surface area (Å²) in [5, 5.41) is 35.2. The van der Waals surface area contributed by atoms with Crippen LogP contribution in [0.5, 0.6) is 0 Å². The van der Waals surface area contributed by atoms with Crippen molar-refractivity contribution in [1.82, 2.24) is 0 Å². The Labute approximate surface area is 140 Å². The van der Waals surface area contributed by atoms with Gasteiger partial charge in [0.1, 0.15) is 6.10 Å². The fourth-order valence-electron chi connectivity index (χ4n) is 0.936. The molecule has 0 saturated carbocycles. The Morgan fingerprint density at radius 3 is 2.00 bits per heavy atom. The van der Waals surface area contributed by atoms with E-state index in [1.54, 1.807) is 0 Å². The molecule has 4 N–H and O–H groups in total. The smallest absolute Gasteiger partial charge is 1.00 e. The maximum absolute atomic E-state index is 11.1. The summed E-state index contributed by atoms with van der Waals surface area (Å²) in [5.74, 6) is -6.36. The third-order valence-electron chi connectivity index (χ3n) is 1.83. The molecule has 106 valence electrons. The van der Waals surface area contributed by atoms with Crippen LogP contribution in [-0.4, -0.2) is 93.7 Å². The van der Waals surface area contributed by atoms with Gasteiger partial charge >= 0.3 is 61.6 Å². The van der Waals surface area contributed by atoms with Gasteiger partial charge in [0.15, 0.2) is 5.60 Å². The zero-order valence-corrected chi connectivity index (χ0v) is 12.2. The minimum atomic E-state index is -2.87. The van der Waals surface area contributed by atoms with Crippen LogP contribution >= 0.6 is 0 Å². The number of carbonyl (C=O) groups is 4. The number of rotatable bonds is 6. The van der Waals surface area contributed by atoms with Gasteiger partial charge in [-0.2, -0.15) is 0 Å². The predicted molar refractivity (Wildman–Crippen MR) is 60.2 cm³/mol. The van der Waals surface area contributed by atoms with E-state index in [1.165, 1.54) is 0 Å². The topological polar surface area (TPSA) is 158 Å². The van der Waals surface area contributed by atoms with Gasteiger partial charge in [-0.05, 0) is 6.92 Å². The molecular weight excluding hydrogens is 292 g/mol. The van der Waals surface area contributed by atoms with E-state index in [0.29, 0.717) is 0 Å². The van der Waals surface area contributed by atoms with Crippen LogP contribution in [0.2, 0.25) is 0 Å². The molecule has 2 atom stereocenters. The summed E-state index contributed by atoms with van der Waals surface area (Å²) in [6.07, 6.45) is -4.07. The first-order chi connectivity index (χ1) is 8.08. The number of aliphatic carboxylic acids is 2. The first-order valence-corrected chi connectivity index (χ1v) is 4.68. The van der Waals surface area contributed by atoms with Crippen molar-refractivity contribution >= 4 is 61.6 Å². The molecule has 0 fully saturated rings. The average Bonchev–Trinajstić information content (AvgIpc) is 2.14. The van der Waals surface area contributed by atoms with Crippen molar-refractivity contribution in [2.45, 2.75) is 31.5 Å². The van der Waals surface area contributed by atoms with Crippen LogP contribution < -0.4 is 0 Å². The molecule has 0 aliphatic heterocycles. The van der Waals surface area contributed by atoms with Gasteiger partial charge in [0.2, 0.25) is 0 Å². The molecule has 0 aliphatic carbocycles. The predicted octanol–water partition coefficient (Wildman–Crippen LogP) is -2.04. The molecule has 0 aliphatic rings. The SMILES string of the molecule is CC(O)C(=O)OC(=O)CC(O)(CC(=O)O)C(=O)O.[Ca+2].[H-].[H-]. The maximum Gasteiger partial charge on any atom is 2.00 e. The minimum Gasteiger partial charge on any atom is -1.00 e. The van der Waals surface area contributed by atoms with E-state index in [9.17, 15) is 24.3 Å². The molecule has 0 radical (unpaired) electrons. The second kappa shape index (κ2) is 8.43. The number of carboxylic acid groups (broad SMARTS) is 2. The summed E-state index contributed by atoms with van der Waals surface area (Å²) < 4.78 is 4.00. The Kier molecular flexibility index (Phi) is 9.13. The van der Waals surface area contributed by atoms with E-state index in [1.807, 2.05) is 0 Å². The third kappa shape index (κ3) is 7.43. The molecule has 0 rings (SSSR count). The van der Waals surface area contributed by atoms with Gasteiger partial charge in [0.05, 0.1) is 12.8 Å². The average molecular weight is 306 g/mol. The summed E-state index contributed by atoms with van der Waals surface area (Å²) in [7, 11) is 0. The van der Waals surface area contributed by atoms with Gasteiger partial charge in [-0.3, -0.25) is 9.59 Å². The van der Waals surface area contributed by atoms with Gasteiger partial charge in [-0.1, -0.05) is 0 Å². The largest absolute Gasteiger partial charge is 2.00 e. The monoisotopic (exact) mass is 306 g/mol. The van der Waals surface area contributed by atoms with Gasteiger partial charge in [0, 0.05) is 0 Å². The Hall–Kier alpha value is -0.740. The molecule has 0 aromatic carbocycles. The van der Waals surface area contributed by atoms with Crippen LogP contribution in [0.4, 0.5) is 0 Å². The second-order valence-electron chi connectivity index (χ2n) is 3.55. The quantitative estimate of drug-likeness (QED) is 0.246. The molecule has 9 nitrogen and oxygen atoms in total. The molecule has 0 amide bonds. The Balaban J connectivity index is -0.000000482. The zero-order chi connectivity index (χ0) is 14.5. The molecular formula is C9H14CaO9. The Morgan fingerprint density at radius 1 is 1.21 bits per heavy atom. The van der Waals surface area contributed by atoms with E-state index in [-0.39, 0.29) is 40.6 Å². The van der Waals surface area contributed by atoms with Crippen LogP contribution in [0.25, 0.3) is 0 Å². The van der Waals surface area contributed by atoms with Crippen LogP contribution in [0.15, 0.2) is 0 Å². The number of carbonyl (C=O) groups excluding carboxylic acids is 2. The zero-order valence-electron chi connectivity index (χ0n) is 12.0. The van der Waals surface area contributed by atoms with Crippen molar-refractivity contribution in [3.05, 3.63) is 0 Å².